The fraction of sp³-hybridized carbons (Fsp3) is 0.167. The minimum absolute atomic E-state index is 0.143. The summed E-state index contributed by atoms with van der Waals surface area (Å²) in [6, 6.07) is 4.54. The van der Waals surface area contributed by atoms with Crippen LogP contribution in [0.1, 0.15) is 0 Å². The van der Waals surface area contributed by atoms with E-state index in [1.165, 1.54) is 19.2 Å². The van der Waals surface area contributed by atoms with Crippen molar-refractivity contribution in [2.45, 2.75) is 0 Å². The quantitative estimate of drug-likeness (QED) is 0.807. The van der Waals surface area contributed by atoms with Crippen molar-refractivity contribution in [3.05, 3.63) is 35.5 Å². The lowest BCUT2D eigenvalue weighted by Gasteiger charge is -2.14. The van der Waals surface area contributed by atoms with Crippen LogP contribution in [0.4, 0.5) is 21.6 Å². The van der Waals surface area contributed by atoms with E-state index < -0.39 is 15.8 Å². The Morgan fingerprint density at radius 1 is 1.32 bits per heavy atom. The van der Waals surface area contributed by atoms with Crippen molar-refractivity contribution in [3.8, 4) is 5.75 Å². The van der Waals surface area contributed by atoms with Crippen LogP contribution >= 0.6 is 11.6 Å². The van der Waals surface area contributed by atoms with Crippen molar-refractivity contribution >= 4 is 38.8 Å². The smallest absolute Gasteiger partial charge is 0.229 e. The van der Waals surface area contributed by atoms with E-state index >= 15 is 0 Å². The van der Waals surface area contributed by atoms with Gasteiger partial charge in [-0.2, -0.15) is 4.98 Å². The molecule has 0 spiro atoms. The summed E-state index contributed by atoms with van der Waals surface area (Å²) in [5.74, 6) is -0.481. The molecule has 1 heterocycles. The fourth-order valence-electron chi connectivity index (χ4n) is 1.60. The van der Waals surface area contributed by atoms with Gasteiger partial charge in [0.2, 0.25) is 15.3 Å². The van der Waals surface area contributed by atoms with Crippen molar-refractivity contribution < 1.29 is 17.5 Å². The molecule has 0 bridgehead atoms. The van der Waals surface area contributed by atoms with Crippen molar-refractivity contribution in [1.82, 2.24) is 9.97 Å². The number of hydrogen-bond donors (Lipinski definition) is 2. The number of ether oxygens (including phenoxy) is 1. The highest BCUT2D eigenvalue weighted by Crippen LogP contribution is 2.30. The third-order valence-corrected chi connectivity index (χ3v) is 3.26. The second-order valence-corrected chi connectivity index (χ2v) is 6.33. The molecule has 1 aromatic carbocycles. The van der Waals surface area contributed by atoms with Gasteiger partial charge in [0.1, 0.15) is 5.75 Å². The number of nitrogens with one attached hydrogen (secondary N) is 2. The Morgan fingerprint density at radius 3 is 2.68 bits per heavy atom. The molecule has 0 aliphatic rings. The van der Waals surface area contributed by atoms with Crippen LogP contribution in [0, 0.1) is 5.82 Å². The second kappa shape index (κ2) is 6.32. The van der Waals surface area contributed by atoms with E-state index in [9.17, 15) is 12.8 Å². The van der Waals surface area contributed by atoms with E-state index in [4.69, 9.17) is 16.3 Å². The summed E-state index contributed by atoms with van der Waals surface area (Å²) in [7, 11) is -2.09. The topological polar surface area (TPSA) is 93.2 Å². The monoisotopic (exact) mass is 346 g/mol. The number of methoxy groups -OCH3 is 1. The molecule has 22 heavy (non-hydrogen) atoms. The number of hydrogen-bond acceptors (Lipinski definition) is 6. The molecule has 2 N–H and O–H groups in total. The minimum Gasteiger partial charge on any atom is -0.497 e. The molecule has 2 aromatic rings. The maximum Gasteiger partial charge on any atom is 0.229 e. The molecule has 0 saturated heterocycles. The average Bonchev–Trinajstić information content (AvgIpc) is 2.43. The standard InChI is InChI=1S/C12H12ClFN4O3S/c1-21-7-3-4-9(10(5-7)18-22(2,19)20)16-11-8(14)6-15-12(13)17-11/h3-6,18H,1-2H3,(H,15,16,17). The number of sulfonamides is 1. The lowest BCUT2D eigenvalue weighted by molar-refractivity contribution is 0.415. The molecule has 0 aliphatic heterocycles. The molecule has 0 radical (unpaired) electrons. The van der Waals surface area contributed by atoms with Crippen LogP contribution in [0.25, 0.3) is 0 Å². The van der Waals surface area contributed by atoms with E-state index in [2.05, 4.69) is 20.0 Å². The van der Waals surface area contributed by atoms with Crippen LogP contribution < -0.4 is 14.8 Å². The molecule has 0 atom stereocenters. The van der Waals surface area contributed by atoms with Gasteiger partial charge in [-0.25, -0.2) is 17.8 Å². The number of rotatable bonds is 5. The minimum atomic E-state index is -3.53. The summed E-state index contributed by atoms with van der Waals surface area (Å²) in [4.78, 5) is 7.21. The molecule has 2 rings (SSSR count). The zero-order valence-corrected chi connectivity index (χ0v) is 13.2. The van der Waals surface area contributed by atoms with Gasteiger partial charge in [0.25, 0.3) is 0 Å². The Hall–Kier alpha value is -2.13. The first-order valence-electron chi connectivity index (χ1n) is 5.89. The van der Waals surface area contributed by atoms with Gasteiger partial charge < -0.3 is 10.1 Å². The van der Waals surface area contributed by atoms with Crippen LogP contribution in [0.5, 0.6) is 5.75 Å². The molecule has 0 saturated carbocycles. The third kappa shape index (κ3) is 4.18. The molecule has 0 fully saturated rings. The van der Waals surface area contributed by atoms with E-state index in [1.54, 1.807) is 6.07 Å². The van der Waals surface area contributed by atoms with Crippen LogP contribution in [0.15, 0.2) is 24.4 Å². The van der Waals surface area contributed by atoms with Gasteiger partial charge in [-0.1, -0.05) is 0 Å². The van der Waals surface area contributed by atoms with Crippen molar-refractivity contribution in [3.63, 3.8) is 0 Å². The van der Waals surface area contributed by atoms with Crippen LogP contribution in [-0.2, 0) is 10.0 Å². The molecule has 118 valence electrons. The molecule has 0 unspecified atom stereocenters. The highest BCUT2D eigenvalue weighted by Gasteiger charge is 2.12. The molecule has 0 aliphatic carbocycles. The number of halogens is 2. The van der Waals surface area contributed by atoms with Crippen molar-refractivity contribution in [2.24, 2.45) is 0 Å². The zero-order chi connectivity index (χ0) is 16.3. The van der Waals surface area contributed by atoms with Crippen LogP contribution in [0.3, 0.4) is 0 Å². The van der Waals surface area contributed by atoms with Crippen molar-refractivity contribution in [2.75, 3.05) is 23.4 Å². The van der Waals surface area contributed by atoms with Gasteiger partial charge in [0.05, 0.1) is 30.9 Å². The number of anilines is 3. The highest BCUT2D eigenvalue weighted by atomic mass is 35.5. The average molecular weight is 347 g/mol. The van der Waals surface area contributed by atoms with Gasteiger partial charge in [-0.05, 0) is 23.7 Å². The Balaban J connectivity index is 2.43. The summed E-state index contributed by atoms with van der Waals surface area (Å²) in [5.41, 5.74) is 0.455. The normalized spacial score (nSPS) is 11.1. The summed E-state index contributed by atoms with van der Waals surface area (Å²) in [5, 5.41) is 2.52. The van der Waals surface area contributed by atoms with Gasteiger partial charge in [-0.3, -0.25) is 4.72 Å². The first kappa shape index (κ1) is 16.2. The summed E-state index contributed by atoms with van der Waals surface area (Å²) in [6.07, 6.45) is 1.91. The maximum atomic E-state index is 13.7. The zero-order valence-electron chi connectivity index (χ0n) is 11.6. The van der Waals surface area contributed by atoms with Crippen molar-refractivity contribution in [1.29, 1.82) is 0 Å². The third-order valence-electron chi connectivity index (χ3n) is 2.49. The summed E-state index contributed by atoms with van der Waals surface area (Å²) in [6.45, 7) is 0. The highest BCUT2D eigenvalue weighted by molar-refractivity contribution is 7.92. The molecular weight excluding hydrogens is 335 g/mol. The second-order valence-electron chi connectivity index (χ2n) is 4.25. The number of benzene rings is 1. The Morgan fingerprint density at radius 2 is 2.05 bits per heavy atom. The van der Waals surface area contributed by atoms with Crippen LogP contribution in [-0.4, -0.2) is 31.8 Å². The predicted molar refractivity (Wildman–Crippen MR) is 81.7 cm³/mol. The van der Waals surface area contributed by atoms with E-state index in [-0.39, 0.29) is 22.5 Å². The predicted octanol–water partition coefficient (Wildman–Crippen LogP) is 2.39. The van der Waals surface area contributed by atoms with Gasteiger partial charge in [0, 0.05) is 6.07 Å². The fourth-order valence-corrected chi connectivity index (χ4v) is 2.31. The molecule has 7 nitrogen and oxygen atoms in total. The van der Waals surface area contributed by atoms with Gasteiger partial charge in [0.15, 0.2) is 11.6 Å². The maximum absolute atomic E-state index is 13.7. The van der Waals surface area contributed by atoms with E-state index in [0.717, 1.165) is 12.5 Å². The van der Waals surface area contributed by atoms with Gasteiger partial charge in [-0.15, -0.1) is 0 Å². The molecule has 0 amide bonds. The SMILES string of the molecule is COc1ccc(Nc2nc(Cl)ncc2F)c(NS(C)(=O)=O)c1. The van der Waals surface area contributed by atoms with E-state index in [1.807, 2.05) is 0 Å². The van der Waals surface area contributed by atoms with E-state index in [0.29, 0.717) is 5.75 Å². The van der Waals surface area contributed by atoms with Crippen LogP contribution in [0.2, 0.25) is 5.28 Å². The largest absolute Gasteiger partial charge is 0.497 e. The summed E-state index contributed by atoms with van der Waals surface area (Å²) >= 11 is 5.62. The molecule has 10 heteroatoms. The Labute approximate surface area is 131 Å². The summed E-state index contributed by atoms with van der Waals surface area (Å²) < 4.78 is 43.9. The number of nitrogens with zero attached hydrogens (tertiary/aromatic N) is 2. The first-order valence-corrected chi connectivity index (χ1v) is 8.16. The Kier molecular flexibility index (Phi) is 4.67. The van der Waals surface area contributed by atoms with Gasteiger partial charge >= 0.3 is 0 Å². The molecule has 1 aromatic heterocycles. The lowest BCUT2D eigenvalue weighted by Crippen LogP contribution is -2.11. The first-order chi connectivity index (χ1) is 10.3. The number of aromatic nitrogens is 2. The lowest BCUT2D eigenvalue weighted by atomic mass is 10.2. The Bertz CT molecular complexity index is 801. The molecular formula is C12H12ClFN4O3S.